The first kappa shape index (κ1) is 23.0. The van der Waals surface area contributed by atoms with E-state index >= 15 is 0 Å². The van der Waals surface area contributed by atoms with Crippen LogP contribution in [0, 0.1) is 6.92 Å². The molecule has 0 saturated carbocycles. The number of hydrogen-bond acceptors (Lipinski definition) is 8. The topological polar surface area (TPSA) is 79.1 Å². The fraction of sp³-hybridized carbons (Fsp3) is 0.292. The molecule has 1 unspecified atom stereocenters. The van der Waals surface area contributed by atoms with Crippen LogP contribution in [0.1, 0.15) is 35.9 Å². The summed E-state index contributed by atoms with van der Waals surface area (Å²) in [5.41, 5.74) is 2.44. The maximum Gasteiger partial charge on any atom is 0.338 e. The van der Waals surface area contributed by atoms with Gasteiger partial charge in [0.2, 0.25) is 0 Å². The third kappa shape index (κ3) is 4.14. The van der Waals surface area contributed by atoms with Gasteiger partial charge < -0.3 is 14.2 Å². The summed E-state index contributed by atoms with van der Waals surface area (Å²) >= 11 is 2.88. The van der Waals surface area contributed by atoms with E-state index in [4.69, 9.17) is 14.2 Å². The molecule has 172 valence electrons. The second-order valence-corrected chi connectivity index (χ2v) is 9.34. The van der Waals surface area contributed by atoms with E-state index in [2.05, 4.69) is 4.99 Å². The number of aromatic nitrogens is 1. The monoisotopic (exact) mass is 484 g/mol. The second-order valence-electron chi connectivity index (χ2n) is 7.38. The number of allylic oxidation sites excluding steroid dienone is 1. The van der Waals surface area contributed by atoms with Crippen molar-refractivity contribution in [2.75, 3.05) is 20.8 Å². The quantitative estimate of drug-likeness (QED) is 0.502. The van der Waals surface area contributed by atoms with E-state index in [1.165, 1.54) is 11.3 Å². The molecule has 1 aliphatic rings. The lowest BCUT2D eigenvalue weighted by molar-refractivity contribution is -0.139. The molecule has 1 atom stereocenters. The van der Waals surface area contributed by atoms with Crippen molar-refractivity contribution in [1.82, 2.24) is 4.57 Å². The minimum atomic E-state index is -0.702. The Morgan fingerprint density at radius 2 is 1.94 bits per heavy atom. The first-order chi connectivity index (χ1) is 15.9. The van der Waals surface area contributed by atoms with Gasteiger partial charge >= 0.3 is 5.97 Å². The molecule has 0 amide bonds. The molecular formula is C24H24N2O5S2. The Morgan fingerprint density at radius 1 is 1.18 bits per heavy atom. The van der Waals surface area contributed by atoms with E-state index in [9.17, 15) is 9.59 Å². The maximum absolute atomic E-state index is 13.6. The zero-order valence-electron chi connectivity index (χ0n) is 19.0. The summed E-state index contributed by atoms with van der Waals surface area (Å²) in [7, 11) is 3.10. The molecular weight excluding hydrogens is 460 g/mol. The van der Waals surface area contributed by atoms with E-state index in [-0.39, 0.29) is 12.2 Å². The van der Waals surface area contributed by atoms with Gasteiger partial charge in [0, 0.05) is 4.88 Å². The van der Waals surface area contributed by atoms with Crippen molar-refractivity contribution in [3.05, 3.63) is 76.6 Å². The van der Waals surface area contributed by atoms with Crippen LogP contribution in [0.4, 0.5) is 0 Å². The fourth-order valence-electron chi connectivity index (χ4n) is 3.78. The van der Waals surface area contributed by atoms with Crippen molar-refractivity contribution in [2.24, 2.45) is 4.99 Å². The van der Waals surface area contributed by atoms with E-state index in [1.54, 1.807) is 56.1 Å². The first-order valence-corrected chi connectivity index (χ1v) is 12.0. The molecule has 0 fully saturated rings. The number of carbonyl (C=O) groups is 1. The zero-order chi connectivity index (χ0) is 23.7. The maximum atomic E-state index is 13.6. The highest BCUT2D eigenvalue weighted by Crippen LogP contribution is 2.36. The summed E-state index contributed by atoms with van der Waals surface area (Å²) in [5.74, 6) is 0.561. The molecule has 1 aliphatic heterocycles. The summed E-state index contributed by atoms with van der Waals surface area (Å²) in [6.07, 6.45) is 1.89. The van der Waals surface area contributed by atoms with Gasteiger partial charge in [-0.3, -0.25) is 9.36 Å². The standard InChI is InChI=1S/C24H24N2O5S2/c1-6-31-23(28)20-14(3)25-24-26(21(20)15-7-8-16(29-4)17(11-15)30-5)22(27)19(33-24)12-18-13(2)9-10-32-18/h7-12,21H,6H2,1-5H3/b19-12-. The number of fused-ring (bicyclic) bond motifs is 1. The Kier molecular flexibility index (Phi) is 6.53. The number of thiophene rings is 1. The molecule has 33 heavy (non-hydrogen) atoms. The summed E-state index contributed by atoms with van der Waals surface area (Å²) in [5, 5.41) is 1.99. The van der Waals surface area contributed by atoms with Gasteiger partial charge in [-0.1, -0.05) is 17.4 Å². The van der Waals surface area contributed by atoms with Gasteiger partial charge in [0.25, 0.3) is 5.56 Å². The number of ether oxygens (including phenoxy) is 3. The second kappa shape index (κ2) is 9.36. The number of hydrogen-bond donors (Lipinski definition) is 0. The van der Waals surface area contributed by atoms with Gasteiger partial charge in [0.05, 0.1) is 42.7 Å². The Labute approximate surface area is 198 Å². The van der Waals surface area contributed by atoms with E-state index in [1.807, 2.05) is 30.5 Å². The van der Waals surface area contributed by atoms with Gasteiger partial charge in [-0.25, -0.2) is 9.79 Å². The van der Waals surface area contributed by atoms with Crippen LogP contribution < -0.4 is 24.4 Å². The zero-order valence-corrected chi connectivity index (χ0v) is 20.6. The number of thiazole rings is 1. The molecule has 0 aliphatic carbocycles. The average molecular weight is 485 g/mol. The van der Waals surface area contributed by atoms with Crippen LogP contribution in [0.15, 0.2) is 50.7 Å². The predicted molar refractivity (Wildman–Crippen MR) is 129 cm³/mol. The normalized spacial score (nSPS) is 15.8. The Morgan fingerprint density at radius 3 is 2.58 bits per heavy atom. The number of aryl methyl sites for hydroxylation is 1. The van der Waals surface area contributed by atoms with Crippen LogP contribution in [-0.2, 0) is 9.53 Å². The molecule has 3 aromatic rings. The number of rotatable bonds is 6. The molecule has 9 heteroatoms. The molecule has 0 radical (unpaired) electrons. The SMILES string of the molecule is CCOC(=O)C1=C(C)N=c2s/c(=C\c3sccc3C)c(=O)n2C1c1ccc(OC)c(OC)c1. The van der Waals surface area contributed by atoms with Crippen molar-refractivity contribution in [1.29, 1.82) is 0 Å². The average Bonchev–Trinajstić information content (AvgIpc) is 3.34. The third-order valence-corrected chi connectivity index (χ3v) is 7.35. The van der Waals surface area contributed by atoms with Gasteiger partial charge in [0.1, 0.15) is 0 Å². The van der Waals surface area contributed by atoms with Gasteiger partial charge in [-0.2, -0.15) is 0 Å². The molecule has 0 saturated heterocycles. The molecule has 7 nitrogen and oxygen atoms in total. The highest BCUT2D eigenvalue weighted by Gasteiger charge is 2.33. The van der Waals surface area contributed by atoms with Crippen molar-refractivity contribution in [3.63, 3.8) is 0 Å². The van der Waals surface area contributed by atoms with Gasteiger partial charge in [-0.05, 0) is 61.6 Å². The largest absolute Gasteiger partial charge is 0.493 e. The van der Waals surface area contributed by atoms with Gasteiger partial charge in [0.15, 0.2) is 16.3 Å². The smallest absolute Gasteiger partial charge is 0.338 e. The number of methoxy groups -OCH3 is 2. The molecule has 0 spiro atoms. The van der Waals surface area contributed by atoms with E-state index in [0.29, 0.717) is 37.7 Å². The lowest BCUT2D eigenvalue weighted by atomic mass is 9.95. The number of nitrogens with zero attached hydrogens (tertiary/aromatic N) is 2. The lowest BCUT2D eigenvalue weighted by Crippen LogP contribution is -2.39. The molecule has 4 rings (SSSR count). The van der Waals surface area contributed by atoms with Crippen LogP contribution in [-0.4, -0.2) is 31.4 Å². The van der Waals surface area contributed by atoms with Crippen molar-refractivity contribution < 1.29 is 19.0 Å². The summed E-state index contributed by atoms with van der Waals surface area (Å²) in [6.45, 7) is 5.74. The number of carbonyl (C=O) groups excluding carboxylic acids is 1. The highest BCUT2D eigenvalue weighted by atomic mass is 32.1. The van der Waals surface area contributed by atoms with Crippen LogP contribution in [0.25, 0.3) is 6.08 Å². The van der Waals surface area contributed by atoms with E-state index in [0.717, 1.165) is 10.4 Å². The summed E-state index contributed by atoms with van der Waals surface area (Å²) in [6, 6.07) is 6.68. The van der Waals surface area contributed by atoms with Crippen LogP contribution in [0.5, 0.6) is 11.5 Å². The van der Waals surface area contributed by atoms with Gasteiger partial charge in [-0.15, -0.1) is 11.3 Å². The Bertz CT molecular complexity index is 1430. The summed E-state index contributed by atoms with van der Waals surface area (Å²) < 4.78 is 18.3. The highest BCUT2D eigenvalue weighted by molar-refractivity contribution is 7.11. The molecule has 0 bridgehead atoms. The minimum absolute atomic E-state index is 0.208. The van der Waals surface area contributed by atoms with Crippen LogP contribution in [0.2, 0.25) is 0 Å². The summed E-state index contributed by atoms with van der Waals surface area (Å²) in [4.78, 5) is 32.7. The molecule has 3 heterocycles. The van der Waals surface area contributed by atoms with Crippen molar-refractivity contribution in [3.8, 4) is 11.5 Å². The van der Waals surface area contributed by atoms with E-state index < -0.39 is 12.0 Å². The fourth-order valence-corrected chi connectivity index (χ4v) is 5.74. The minimum Gasteiger partial charge on any atom is -0.493 e. The Balaban J connectivity index is 1.99. The lowest BCUT2D eigenvalue weighted by Gasteiger charge is -2.25. The molecule has 1 aromatic carbocycles. The first-order valence-electron chi connectivity index (χ1n) is 10.3. The van der Waals surface area contributed by atoms with Crippen molar-refractivity contribution >= 4 is 34.7 Å². The van der Waals surface area contributed by atoms with Crippen LogP contribution in [0.3, 0.4) is 0 Å². The molecule has 0 N–H and O–H groups in total. The predicted octanol–water partition coefficient (Wildman–Crippen LogP) is 3.19. The van der Waals surface area contributed by atoms with Crippen LogP contribution >= 0.6 is 22.7 Å². The van der Waals surface area contributed by atoms with Crippen molar-refractivity contribution in [2.45, 2.75) is 26.8 Å². The number of esters is 1. The Hall–Kier alpha value is -3.17. The third-order valence-electron chi connectivity index (χ3n) is 5.40. The molecule has 2 aromatic heterocycles. The number of benzene rings is 1.